The number of nitrogens with two attached hydrogens (primary N) is 1. The van der Waals surface area contributed by atoms with Crippen molar-refractivity contribution in [3.8, 4) is 0 Å². The molecule has 18 heavy (non-hydrogen) atoms. The summed E-state index contributed by atoms with van der Waals surface area (Å²) < 4.78 is 0. The maximum atomic E-state index is 12.3. The number of hydrogen-bond donors (Lipinski definition) is 2. The lowest BCUT2D eigenvalue weighted by Crippen LogP contribution is -2.42. The van der Waals surface area contributed by atoms with E-state index in [-0.39, 0.29) is 23.9 Å². The van der Waals surface area contributed by atoms with Crippen molar-refractivity contribution in [3.63, 3.8) is 0 Å². The SMILES string of the molecule is CC(NC(=O)C1CCCCCC1N)c1ccsc1. The van der Waals surface area contributed by atoms with Crippen molar-refractivity contribution in [3.05, 3.63) is 22.4 Å². The van der Waals surface area contributed by atoms with Crippen LogP contribution >= 0.6 is 11.3 Å². The third-order valence-corrected chi connectivity index (χ3v) is 4.51. The van der Waals surface area contributed by atoms with Crippen LogP contribution in [0.15, 0.2) is 16.8 Å². The zero-order valence-corrected chi connectivity index (χ0v) is 11.7. The fraction of sp³-hybridized carbons (Fsp3) is 0.643. The summed E-state index contributed by atoms with van der Waals surface area (Å²) in [5, 5.41) is 7.22. The topological polar surface area (TPSA) is 55.1 Å². The number of rotatable bonds is 3. The Labute approximate surface area is 113 Å². The van der Waals surface area contributed by atoms with Crippen molar-refractivity contribution in [2.24, 2.45) is 11.7 Å². The molecule has 100 valence electrons. The molecule has 1 fully saturated rings. The van der Waals surface area contributed by atoms with Crippen molar-refractivity contribution in [2.45, 2.75) is 51.1 Å². The zero-order valence-electron chi connectivity index (χ0n) is 10.9. The molecule has 0 spiro atoms. The minimum Gasteiger partial charge on any atom is -0.349 e. The van der Waals surface area contributed by atoms with Gasteiger partial charge in [-0.25, -0.2) is 0 Å². The number of thiophene rings is 1. The first kappa shape index (κ1) is 13.6. The molecule has 1 heterocycles. The van der Waals surface area contributed by atoms with Crippen LogP contribution in [0.1, 0.15) is 50.6 Å². The molecule has 1 aromatic heterocycles. The van der Waals surface area contributed by atoms with Crippen LogP contribution in [0, 0.1) is 5.92 Å². The average Bonchev–Trinajstić information content (AvgIpc) is 2.79. The van der Waals surface area contributed by atoms with E-state index in [0.29, 0.717) is 0 Å². The monoisotopic (exact) mass is 266 g/mol. The molecule has 0 aromatic carbocycles. The van der Waals surface area contributed by atoms with Crippen molar-refractivity contribution in [1.82, 2.24) is 5.32 Å². The molecule has 0 saturated heterocycles. The third kappa shape index (κ3) is 3.33. The number of nitrogens with one attached hydrogen (secondary N) is 1. The predicted molar refractivity (Wildman–Crippen MR) is 75.4 cm³/mol. The molecule has 1 aliphatic rings. The van der Waals surface area contributed by atoms with Crippen molar-refractivity contribution in [2.75, 3.05) is 0 Å². The summed E-state index contributed by atoms with van der Waals surface area (Å²) in [6, 6.07) is 2.17. The second-order valence-corrected chi connectivity index (χ2v) is 5.98. The Balaban J connectivity index is 1.94. The Hall–Kier alpha value is -0.870. The summed E-state index contributed by atoms with van der Waals surface area (Å²) in [5.41, 5.74) is 7.29. The molecule has 0 bridgehead atoms. The molecule has 0 radical (unpaired) electrons. The first-order valence-electron chi connectivity index (χ1n) is 6.76. The van der Waals surface area contributed by atoms with Gasteiger partial charge in [0.25, 0.3) is 0 Å². The average molecular weight is 266 g/mol. The van der Waals surface area contributed by atoms with Crippen LogP contribution in [0.25, 0.3) is 0 Å². The van der Waals surface area contributed by atoms with Gasteiger partial charge in [0, 0.05) is 6.04 Å². The molecule has 3 atom stereocenters. The van der Waals surface area contributed by atoms with E-state index in [2.05, 4.69) is 16.8 Å². The lowest BCUT2D eigenvalue weighted by atomic mass is 9.94. The molecule has 1 amide bonds. The summed E-state index contributed by atoms with van der Waals surface area (Å²) in [6.07, 6.45) is 5.40. The molecular formula is C14H22N2OS. The molecule has 3 N–H and O–H groups in total. The largest absolute Gasteiger partial charge is 0.349 e. The van der Waals surface area contributed by atoms with Crippen LogP contribution in [0.2, 0.25) is 0 Å². The van der Waals surface area contributed by atoms with Gasteiger partial charge in [-0.15, -0.1) is 0 Å². The minimum absolute atomic E-state index is 0.00594. The van der Waals surface area contributed by atoms with Crippen LogP contribution < -0.4 is 11.1 Å². The Morgan fingerprint density at radius 3 is 2.94 bits per heavy atom. The predicted octanol–water partition coefficient (Wildman–Crippen LogP) is 2.83. The van der Waals surface area contributed by atoms with Crippen molar-refractivity contribution < 1.29 is 4.79 Å². The first-order chi connectivity index (χ1) is 8.68. The smallest absolute Gasteiger partial charge is 0.225 e. The van der Waals surface area contributed by atoms with Crippen molar-refractivity contribution in [1.29, 1.82) is 0 Å². The highest BCUT2D eigenvalue weighted by atomic mass is 32.1. The number of hydrogen-bond acceptors (Lipinski definition) is 3. The van der Waals surface area contributed by atoms with E-state index < -0.39 is 0 Å². The molecule has 4 heteroatoms. The summed E-state index contributed by atoms with van der Waals surface area (Å²) in [5.74, 6) is 0.122. The molecule has 1 aliphatic carbocycles. The first-order valence-corrected chi connectivity index (χ1v) is 7.71. The molecule has 1 aromatic rings. The highest BCUT2D eigenvalue weighted by Gasteiger charge is 2.27. The number of amides is 1. The van der Waals surface area contributed by atoms with Gasteiger partial charge in [-0.05, 0) is 42.2 Å². The van der Waals surface area contributed by atoms with Gasteiger partial charge in [-0.3, -0.25) is 4.79 Å². The maximum Gasteiger partial charge on any atom is 0.225 e. The molecular weight excluding hydrogens is 244 g/mol. The normalized spacial score (nSPS) is 26.3. The third-order valence-electron chi connectivity index (χ3n) is 3.81. The Morgan fingerprint density at radius 1 is 1.44 bits per heavy atom. The number of carbonyl (C=O) groups is 1. The van der Waals surface area contributed by atoms with E-state index in [4.69, 9.17) is 5.73 Å². The van der Waals surface area contributed by atoms with Gasteiger partial charge in [0.1, 0.15) is 0 Å². The van der Waals surface area contributed by atoms with Gasteiger partial charge in [0.05, 0.1) is 12.0 Å². The zero-order chi connectivity index (χ0) is 13.0. The van der Waals surface area contributed by atoms with Crippen LogP contribution in [0.5, 0.6) is 0 Å². The Kier molecular flexibility index (Phi) is 4.78. The van der Waals surface area contributed by atoms with Crippen LogP contribution in [-0.4, -0.2) is 11.9 Å². The molecule has 1 saturated carbocycles. The van der Waals surface area contributed by atoms with Gasteiger partial charge in [-0.1, -0.05) is 19.3 Å². The highest BCUT2D eigenvalue weighted by molar-refractivity contribution is 7.07. The van der Waals surface area contributed by atoms with Gasteiger partial charge in [0.15, 0.2) is 0 Å². The van der Waals surface area contributed by atoms with E-state index >= 15 is 0 Å². The van der Waals surface area contributed by atoms with E-state index in [1.54, 1.807) is 11.3 Å². The van der Waals surface area contributed by atoms with E-state index in [0.717, 1.165) is 25.7 Å². The molecule has 2 rings (SSSR count). The second-order valence-electron chi connectivity index (χ2n) is 5.20. The van der Waals surface area contributed by atoms with E-state index in [1.165, 1.54) is 12.0 Å². The molecule has 3 unspecified atom stereocenters. The standard InChI is InChI=1S/C14H22N2OS/c1-10(11-7-8-18-9-11)16-14(17)12-5-3-2-4-6-13(12)15/h7-10,12-13H,2-6,15H2,1H3,(H,16,17). The second kappa shape index (κ2) is 6.34. The van der Waals surface area contributed by atoms with E-state index in [9.17, 15) is 4.79 Å². The lowest BCUT2D eigenvalue weighted by Gasteiger charge is -2.23. The van der Waals surface area contributed by atoms with Gasteiger partial charge in [-0.2, -0.15) is 11.3 Å². The summed E-state index contributed by atoms with van der Waals surface area (Å²) in [7, 11) is 0. The van der Waals surface area contributed by atoms with Crippen molar-refractivity contribution >= 4 is 17.2 Å². The quantitative estimate of drug-likeness (QED) is 0.827. The number of carbonyl (C=O) groups excluding carboxylic acids is 1. The summed E-state index contributed by atoms with van der Waals surface area (Å²) in [6.45, 7) is 2.03. The summed E-state index contributed by atoms with van der Waals surface area (Å²) in [4.78, 5) is 12.3. The van der Waals surface area contributed by atoms with Crippen LogP contribution in [0.4, 0.5) is 0 Å². The van der Waals surface area contributed by atoms with Gasteiger partial charge < -0.3 is 11.1 Å². The Bertz CT molecular complexity index is 377. The van der Waals surface area contributed by atoms with Gasteiger partial charge >= 0.3 is 0 Å². The van der Waals surface area contributed by atoms with Gasteiger partial charge in [0.2, 0.25) is 5.91 Å². The molecule has 0 aliphatic heterocycles. The highest BCUT2D eigenvalue weighted by Crippen LogP contribution is 2.24. The lowest BCUT2D eigenvalue weighted by molar-refractivity contribution is -0.126. The summed E-state index contributed by atoms with van der Waals surface area (Å²) >= 11 is 1.66. The van der Waals surface area contributed by atoms with Crippen LogP contribution in [-0.2, 0) is 4.79 Å². The molecule has 3 nitrogen and oxygen atoms in total. The maximum absolute atomic E-state index is 12.3. The fourth-order valence-electron chi connectivity index (χ4n) is 2.59. The fourth-order valence-corrected chi connectivity index (χ4v) is 3.34. The Morgan fingerprint density at radius 2 is 2.22 bits per heavy atom. The minimum atomic E-state index is -0.00594. The van der Waals surface area contributed by atoms with E-state index in [1.807, 2.05) is 12.3 Å². The van der Waals surface area contributed by atoms with Crippen LogP contribution in [0.3, 0.4) is 0 Å².